The second kappa shape index (κ2) is 7.99. The summed E-state index contributed by atoms with van der Waals surface area (Å²) in [4.78, 5) is 34.3. The van der Waals surface area contributed by atoms with E-state index in [2.05, 4.69) is 5.32 Å². The minimum atomic E-state index is -3.87. The van der Waals surface area contributed by atoms with Crippen LogP contribution in [0.3, 0.4) is 0 Å². The van der Waals surface area contributed by atoms with Crippen LogP contribution >= 0.6 is 0 Å². The van der Waals surface area contributed by atoms with Crippen LogP contribution in [-0.2, 0) is 19.4 Å². The zero-order valence-corrected chi connectivity index (χ0v) is 16.6. The van der Waals surface area contributed by atoms with Crippen LogP contribution in [0.4, 0.5) is 11.4 Å². The van der Waals surface area contributed by atoms with E-state index in [-0.39, 0.29) is 12.4 Å². The lowest BCUT2D eigenvalue weighted by molar-refractivity contribution is -0.387. The Bertz CT molecular complexity index is 1140. The van der Waals surface area contributed by atoms with Gasteiger partial charge in [-0.2, -0.15) is 0 Å². The maximum Gasteiger partial charge on any atom is 0.339 e. The first kappa shape index (κ1) is 21.0. The third-order valence-corrected chi connectivity index (χ3v) is 5.23. The molecule has 0 spiro atoms. The first-order valence-corrected chi connectivity index (χ1v) is 10.4. The number of amides is 1. The van der Waals surface area contributed by atoms with Gasteiger partial charge in [0.1, 0.15) is 4.90 Å². The molecule has 1 atom stereocenters. The average molecular weight is 436 g/mol. The molecule has 0 aliphatic carbocycles. The van der Waals surface area contributed by atoms with E-state index < -0.39 is 43.3 Å². The van der Waals surface area contributed by atoms with E-state index in [4.69, 9.17) is 14.2 Å². The summed E-state index contributed by atoms with van der Waals surface area (Å²) in [5.74, 6) is -0.682. The molecule has 0 saturated heterocycles. The largest absolute Gasteiger partial charge is 0.454 e. The van der Waals surface area contributed by atoms with Gasteiger partial charge in [0.2, 0.25) is 6.79 Å². The number of sulfone groups is 1. The molecule has 1 aliphatic heterocycles. The predicted octanol–water partition coefficient (Wildman–Crippen LogP) is 1.91. The second-order valence-electron chi connectivity index (χ2n) is 6.32. The second-order valence-corrected chi connectivity index (χ2v) is 8.30. The maximum absolute atomic E-state index is 12.3. The molecule has 1 N–H and O–H groups in total. The molecule has 0 unspecified atom stereocenters. The van der Waals surface area contributed by atoms with Crippen LogP contribution in [-0.4, -0.2) is 44.4 Å². The summed E-state index contributed by atoms with van der Waals surface area (Å²) in [7, 11) is -3.87. The van der Waals surface area contributed by atoms with Gasteiger partial charge < -0.3 is 19.5 Å². The zero-order valence-electron chi connectivity index (χ0n) is 15.8. The number of rotatable bonds is 6. The Kier molecular flexibility index (Phi) is 5.60. The number of benzene rings is 2. The molecule has 2 aromatic carbocycles. The van der Waals surface area contributed by atoms with Crippen LogP contribution < -0.4 is 14.8 Å². The summed E-state index contributed by atoms with van der Waals surface area (Å²) >= 11 is 0. The Balaban J connectivity index is 1.71. The van der Waals surface area contributed by atoms with E-state index in [1.54, 1.807) is 18.2 Å². The van der Waals surface area contributed by atoms with Crippen LogP contribution in [0.25, 0.3) is 0 Å². The Morgan fingerprint density at radius 2 is 1.87 bits per heavy atom. The molecule has 2 aromatic rings. The number of hydrogen-bond acceptors (Lipinski definition) is 9. The fraction of sp³-hybridized carbons (Fsp3) is 0.222. The SMILES string of the molecule is C[C@H](OC(=O)c1ccc(S(C)(=O)=O)c([N+](=O)[O-])c1)C(=O)Nc1ccc2c(c1)OCO2. The third kappa shape index (κ3) is 4.49. The molecule has 0 radical (unpaired) electrons. The maximum atomic E-state index is 12.3. The molecular weight excluding hydrogens is 420 g/mol. The Morgan fingerprint density at radius 1 is 1.17 bits per heavy atom. The number of anilines is 1. The number of esters is 1. The summed E-state index contributed by atoms with van der Waals surface area (Å²) in [5, 5.41) is 13.7. The van der Waals surface area contributed by atoms with E-state index in [9.17, 15) is 28.1 Å². The van der Waals surface area contributed by atoms with Gasteiger partial charge >= 0.3 is 5.97 Å². The molecule has 0 saturated carbocycles. The number of ether oxygens (including phenoxy) is 3. The molecular formula is C18H16N2O9S. The van der Waals surface area contributed by atoms with Gasteiger partial charge in [-0.15, -0.1) is 0 Å². The van der Waals surface area contributed by atoms with E-state index in [0.29, 0.717) is 17.2 Å². The van der Waals surface area contributed by atoms with Gasteiger partial charge in [-0.05, 0) is 31.2 Å². The quantitative estimate of drug-likeness (QED) is 0.407. The van der Waals surface area contributed by atoms with Gasteiger partial charge in [0.05, 0.1) is 10.5 Å². The lowest BCUT2D eigenvalue weighted by atomic mass is 10.2. The highest BCUT2D eigenvalue weighted by molar-refractivity contribution is 7.90. The number of carbonyl (C=O) groups excluding carboxylic acids is 2. The van der Waals surface area contributed by atoms with Crippen molar-refractivity contribution in [2.24, 2.45) is 0 Å². The number of carbonyl (C=O) groups is 2. The first-order valence-electron chi connectivity index (χ1n) is 8.46. The fourth-order valence-corrected chi connectivity index (χ4v) is 3.43. The van der Waals surface area contributed by atoms with E-state index >= 15 is 0 Å². The highest BCUT2D eigenvalue weighted by atomic mass is 32.2. The van der Waals surface area contributed by atoms with Crippen molar-refractivity contribution in [3.05, 3.63) is 52.1 Å². The van der Waals surface area contributed by atoms with Crippen molar-refractivity contribution in [2.75, 3.05) is 18.4 Å². The van der Waals surface area contributed by atoms with Crippen molar-refractivity contribution in [1.29, 1.82) is 0 Å². The normalized spacial score (nSPS) is 13.4. The summed E-state index contributed by atoms with van der Waals surface area (Å²) in [6.45, 7) is 1.39. The lowest BCUT2D eigenvalue weighted by Crippen LogP contribution is -2.30. The van der Waals surface area contributed by atoms with Crippen LogP contribution in [0.1, 0.15) is 17.3 Å². The summed E-state index contributed by atoms with van der Waals surface area (Å²) in [5.41, 5.74) is -0.637. The molecule has 1 amide bonds. The van der Waals surface area contributed by atoms with Gasteiger partial charge in [0, 0.05) is 24.1 Å². The van der Waals surface area contributed by atoms with Crippen molar-refractivity contribution in [1.82, 2.24) is 0 Å². The van der Waals surface area contributed by atoms with Crippen LogP contribution in [0.5, 0.6) is 11.5 Å². The number of nitro benzene ring substituents is 1. The molecule has 158 valence electrons. The third-order valence-electron chi connectivity index (χ3n) is 4.08. The van der Waals surface area contributed by atoms with Crippen molar-refractivity contribution < 1.29 is 37.1 Å². The summed E-state index contributed by atoms with van der Waals surface area (Å²) in [6, 6.07) is 7.54. The van der Waals surface area contributed by atoms with Gasteiger partial charge in [-0.3, -0.25) is 14.9 Å². The first-order chi connectivity index (χ1) is 14.1. The number of fused-ring (bicyclic) bond motifs is 1. The van der Waals surface area contributed by atoms with Gasteiger partial charge in [0.25, 0.3) is 11.6 Å². The van der Waals surface area contributed by atoms with E-state index in [1.807, 2.05) is 0 Å². The van der Waals surface area contributed by atoms with Crippen molar-refractivity contribution >= 4 is 33.1 Å². The molecule has 1 heterocycles. The molecule has 12 heteroatoms. The van der Waals surface area contributed by atoms with Crippen molar-refractivity contribution in [2.45, 2.75) is 17.9 Å². The Labute approximate surface area is 170 Å². The van der Waals surface area contributed by atoms with Crippen LogP contribution in [0, 0.1) is 10.1 Å². The number of nitro groups is 1. The lowest BCUT2D eigenvalue weighted by Gasteiger charge is -2.14. The zero-order chi connectivity index (χ0) is 22.1. The van der Waals surface area contributed by atoms with E-state index in [0.717, 1.165) is 24.5 Å². The van der Waals surface area contributed by atoms with Crippen LogP contribution in [0.2, 0.25) is 0 Å². The predicted molar refractivity (Wildman–Crippen MR) is 102 cm³/mol. The van der Waals surface area contributed by atoms with Crippen molar-refractivity contribution in [3.8, 4) is 11.5 Å². The van der Waals surface area contributed by atoms with Crippen molar-refractivity contribution in [3.63, 3.8) is 0 Å². The molecule has 0 bridgehead atoms. The molecule has 3 rings (SSSR count). The monoisotopic (exact) mass is 436 g/mol. The Morgan fingerprint density at radius 3 is 2.53 bits per heavy atom. The van der Waals surface area contributed by atoms with Crippen LogP contribution in [0.15, 0.2) is 41.3 Å². The molecule has 1 aliphatic rings. The smallest absolute Gasteiger partial charge is 0.339 e. The van der Waals surface area contributed by atoms with Gasteiger partial charge in [0.15, 0.2) is 27.4 Å². The highest BCUT2D eigenvalue weighted by Crippen LogP contribution is 2.34. The molecule has 30 heavy (non-hydrogen) atoms. The number of hydrogen-bond donors (Lipinski definition) is 1. The number of nitrogens with zero attached hydrogens (tertiary/aromatic N) is 1. The summed E-state index contributed by atoms with van der Waals surface area (Å²) in [6.07, 6.45) is -0.424. The molecule has 0 fully saturated rings. The topological polar surface area (TPSA) is 151 Å². The van der Waals surface area contributed by atoms with Gasteiger partial charge in [-0.25, -0.2) is 13.2 Å². The summed E-state index contributed by atoms with van der Waals surface area (Å²) < 4.78 is 38.7. The molecule has 0 aromatic heterocycles. The van der Waals surface area contributed by atoms with E-state index in [1.165, 1.54) is 6.92 Å². The van der Waals surface area contributed by atoms with Gasteiger partial charge in [-0.1, -0.05) is 0 Å². The minimum Gasteiger partial charge on any atom is -0.454 e. The standard InChI is InChI=1S/C18H16N2O9S/c1-10(17(21)19-12-4-5-14-15(8-12)28-9-27-14)29-18(22)11-3-6-16(30(2,25)26)13(7-11)20(23)24/h3-8,10H,9H2,1-2H3,(H,19,21)/t10-/m0/s1. The highest BCUT2D eigenvalue weighted by Gasteiger charge is 2.26. The Hall–Kier alpha value is -3.67. The average Bonchev–Trinajstić information content (AvgIpc) is 3.14. The number of nitrogens with one attached hydrogen (secondary N) is 1. The molecule has 11 nitrogen and oxygen atoms in total. The fourth-order valence-electron chi connectivity index (χ4n) is 2.60. The minimum absolute atomic E-state index is 0.0744.